The van der Waals surface area contributed by atoms with Crippen LogP contribution >= 0.6 is 15.9 Å². The molecule has 2 aromatic rings. The van der Waals surface area contributed by atoms with Gasteiger partial charge in [0.2, 0.25) is 11.8 Å². The third-order valence-corrected chi connectivity index (χ3v) is 5.61. The molecule has 0 radical (unpaired) electrons. The Morgan fingerprint density at radius 3 is 2.48 bits per heavy atom. The summed E-state index contributed by atoms with van der Waals surface area (Å²) >= 11 is 3.40. The summed E-state index contributed by atoms with van der Waals surface area (Å²) in [4.78, 5) is 39.5. The Hall–Kier alpha value is -2.48. The van der Waals surface area contributed by atoms with Gasteiger partial charge in [0.05, 0.1) is 12.1 Å². The average molecular weight is 430 g/mol. The van der Waals surface area contributed by atoms with E-state index in [0.717, 1.165) is 29.1 Å². The molecule has 1 aromatic heterocycles. The molecular weight excluding hydrogens is 410 g/mol. The zero-order valence-corrected chi connectivity index (χ0v) is 16.4. The SMILES string of the molecule is O=C([C@H]1CC(=O)N(c2ccc(Br)cc2)C1)N1CCN(c2cnccn2)CC1. The summed E-state index contributed by atoms with van der Waals surface area (Å²) in [6.07, 6.45) is 5.34. The average Bonchev–Trinajstić information content (AvgIpc) is 3.10. The Bertz CT molecular complexity index is 822. The van der Waals surface area contributed by atoms with Gasteiger partial charge in [0.15, 0.2) is 0 Å². The smallest absolute Gasteiger partial charge is 0.228 e. The van der Waals surface area contributed by atoms with Crippen LogP contribution in [0.4, 0.5) is 11.5 Å². The van der Waals surface area contributed by atoms with Gasteiger partial charge in [0.1, 0.15) is 5.82 Å². The van der Waals surface area contributed by atoms with Gasteiger partial charge in [-0.3, -0.25) is 14.6 Å². The normalized spacial score (nSPS) is 20.3. The lowest BCUT2D eigenvalue weighted by Crippen LogP contribution is -2.51. The molecule has 4 rings (SSSR count). The first-order valence-electron chi connectivity index (χ1n) is 8.97. The van der Waals surface area contributed by atoms with E-state index in [2.05, 4.69) is 30.8 Å². The van der Waals surface area contributed by atoms with Crippen molar-refractivity contribution in [1.29, 1.82) is 0 Å². The standard InChI is InChI=1S/C19H20BrN5O2/c20-15-1-3-16(4-2-15)25-13-14(11-18(25)26)19(27)24-9-7-23(8-10-24)17-12-21-5-6-22-17/h1-6,12,14H,7-11,13H2/t14-/m0/s1. The van der Waals surface area contributed by atoms with Crippen LogP contribution in [0.3, 0.4) is 0 Å². The second kappa shape index (κ2) is 7.64. The highest BCUT2D eigenvalue weighted by atomic mass is 79.9. The van der Waals surface area contributed by atoms with Gasteiger partial charge in [-0.25, -0.2) is 4.98 Å². The van der Waals surface area contributed by atoms with Crippen LogP contribution in [0.2, 0.25) is 0 Å². The number of nitrogens with zero attached hydrogens (tertiary/aromatic N) is 5. The molecule has 2 amide bonds. The molecule has 0 N–H and O–H groups in total. The minimum Gasteiger partial charge on any atom is -0.352 e. The van der Waals surface area contributed by atoms with Crippen LogP contribution in [0.25, 0.3) is 0 Å². The van der Waals surface area contributed by atoms with Crippen LogP contribution < -0.4 is 9.80 Å². The van der Waals surface area contributed by atoms with Gasteiger partial charge in [0.25, 0.3) is 0 Å². The van der Waals surface area contributed by atoms with Crippen molar-refractivity contribution in [3.63, 3.8) is 0 Å². The fourth-order valence-electron chi connectivity index (χ4n) is 3.61. The number of anilines is 2. The van der Waals surface area contributed by atoms with Crippen molar-refractivity contribution in [3.8, 4) is 0 Å². The summed E-state index contributed by atoms with van der Waals surface area (Å²) in [7, 11) is 0. The maximum atomic E-state index is 12.9. The Labute approximate surface area is 166 Å². The van der Waals surface area contributed by atoms with Gasteiger partial charge in [-0.15, -0.1) is 0 Å². The van der Waals surface area contributed by atoms with Crippen molar-refractivity contribution < 1.29 is 9.59 Å². The van der Waals surface area contributed by atoms with Crippen molar-refractivity contribution in [2.45, 2.75) is 6.42 Å². The summed E-state index contributed by atoms with van der Waals surface area (Å²) in [6.45, 7) is 3.17. The first-order valence-corrected chi connectivity index (χ1v) is 9.77. The van der Waals surface area contributed by atoms with E-state index in [4.69, 9.17) is 0 Å². The molecule has 7 nitrogen and oxygen atoms in total. The summed E-state index contributed by atoms with van der Waals surface area (Å²) in [6, 6.07) is 7.61. The van der Waals surface area contributed by atoms with Gasteiger partial charge < -0.3 is 14.7 Å². The second-order valence-corrected chi connectivity index (χ2v) is 7.67. The fourth-order valence-corrected chi connectivity index (χ4v) is 3.88. The molecule has 0 bridgehead atoms. The van der Waals surface area contributed by atoms with Crippen LogP contribution in [-0.4, -0.2) is 59.4 Å². The topological polar surface area (TPSA) is 69.6 Å². The van der Waals surface area contributed by atoms with E-state index in [1.165, 1.54) is 0 Å². The molecule has 8 heteroatoms. The molecular formula is C19H20BrN5O2. The lowest BCUT2D eigenvalue weighted by atomic mass is 10.1. The lowest BCUT2D eigenvalue weighted by molar-refractivity contribution is -0.136. The number of amides is 2. The first-order chi connectivity index (χ1) is 13.1. The molecule has 0 saturated carbocycles. The minimum atomic E-state index is -0.274. The van der Waals surface area contributed by atoms with Crippen molar-refractivity contribution in [3.05, 3.63) is 47.3 Å². The molecule has 140 valence electrons. The number of halogens is 1. The zero-order chi connectivity index (χ0) is 18.8. The molecule has 0 unspecified atom stereocenters. The number of piperazine rings is 1. The Balaban J connectivity index is 1.36. The molecule has 2 aliphatic rings. The number of carbonyl (C=O) groups excluding carboxylic acids is 2. The molecule has 1 atom stereocenters. The Morgan fingerprint density at radius 2 is 1.81 bits per heavy atom. The lowest BCUT2D eigenvalue weighted by Gasteiger charge is -2.36. The highest BCUT2D eigenvalue weighted by Gasteiger charge is 2.38. The Kier molecular flexibility index (Phi) is 5.07. The first kappa shape index (κ1) is 17.9. The number of rotatable bonds is 3. The van der Waals surface area contributed by atoms with E-state index in [-0.39, 0.29) is 24.2 Å². The van der Waals surface area contributed by atoms with Gasteiger partial charge >= 0.3 is 0 Å². The summed E-state index contributed by atoms with van der Waals surface area (Å²) < 4.78 is 0.964. The van der Waals surface area contributed by atoms with Crippen molar-refractivity contribution in [2.24, 2.45) is 5.92 Å². The fraction of sp³-hybridized carbons (Fsp3) is 0.368. The quantitative estimate of drug-likeness (QED) is 0.745. The van der Waals surface area contributed by atoms with Crippen LogP contribution in [0.15, 0.2) is 47.3 Å². The second-order valence-electron chi connectivity index (χ2n) is 6.76. The van der Waals surface area contributed by atoms with Crippen molar-refractivity contribution >= 4 is 39.2 Å². The van der Waals surface area contributed by atoms with Crippen LogP contribution in [0, 0.1) is 5.92 Å². The zero-order valence-electron chi connectivity index (χ0n) is 14.8. The molecule has 2 aliphatic heterocycles. The largest absolute Gasteiger partial charge is 0.352 e. The third-order valence-electron chi connectivity index (χ3n) is 5.08. The number of hydrogen-bond acceptors (Lipinski definition) is 5. The molecule has 2 saturated heterocycles. The summed E-state index contributed by atoms with van der Waals surface area (Å²) in [5, 5.41) is 0. The van der Waals surface area contributed by atoms with Gasteiger partial charge in [-0.05, 0) is 24.3 Å². The van der Waals surface area contributed by atoms with Gasteiger partial charge in [-0.2, -0.15) is 0 Å². The molecule has 27 heavy (non-hydrogen) atoms. The summed E-state index contributed by atoms with van der Waals surface area (Å²) in [5.41, 5.74) is 0.839. The Morgan fingerprint density at radius 1 is 1.07 bits per heavy atom. The number of aromatic nitrogens is 2. The molecule has 2 fully saturated rings. The van der Waals surface area contributed by atoms with E-state index in [9.17, 15) is 9.59 Å². The van der Waals surface area contributed by atoms with Crippen molar-refractivity contribution in [2.75, 3.05) is 42.5 Å². The van der Waals surface area contributed by atoms with E-state index in [0.29, 0.717) is 19.6 Å². The highest BCUT2D eigenvalue weighted by Crippen LogP contribution is 2.28. The minimum absolute atomic E-state index is 0.00821. The summed E-state index contributed by atoms with van der Waals surface area (Å²) in [5.74, 6) is 0.641. The van der Waals surface area contributed by atoms with Crippen molar-refractivity contribution in [1.82, 2.24) is 14.9 Å². The van der Waals surface area contributed by atoms with E-state index >= 15 is 0 Å². The molecule has 1 aromatic carbocycles. The highest BCUT2D eigenvalue weighted by molar-refractivity contribution is 9.10. The van der Waals surface area contributed by atoms with Crippen LogP contribution in [-0.2, 0) is 9.59 Å². The number of benzene rings is 1. The predicted octanol–water partition coefficient (Wildman–Crippen LogP) is 1.94. The van der Waals surface area contributed by atoms with E-state index < -0.39 is 0 Å². The maximum absolute atomic E-state index is 12.9. The van der Waals surface area contributed by atoms with Gasteiger partial charge in [-0.1, -0.05) is 15.9 Å². The monoisotopic (exact) mass is 429 g/mol. The number of hydrogen-bond donors (Lipinski definition) is 0. The predicted molar refractivity (Wildman–Crippen MR) is 105 cm³/mol. The number of carbonyl (C=O) groups is 2. The van der Waals surface area contributed by atoms with E-state index in [1.54, 1.807) is 23.5 Å². The van der Waals surface area contributed by atoms with E-state index in [1.807, 2.05) is 29.2 Å². The third kappa shape index (κ3) is 3.80. The van der Waals surface area contributed by atoms with Gasteiger partial charge in [0, 0.05) is 61.7 Å². The van der Waals surface area contributed by atoms with Crippen LogP contribution in [0.5, 0.6) is 0 Å². The molecule has 0 aliphatic carbocycles. The van der Waals surface area contributed by atoms with Crippen LogP contribution in [0.1, 0.15) is 6.42 Å². The molecule has 3 heterocycles. The molecule has 0 spiro atoms. The maximum Gasteiger partial charge on any atom is 0.228 e.